The Morgan fingerprint density at radius 1 is 1.25 bits per heavy atom. The van der Waals surface area contributed by atoms with Gasteiger partial charge in [0.05, 0.1) is 5.56 Å². The molecule has 16 heavy (non-hydrogen) atoms. The predicted octanol–water partition coefficient (Wildman–Crippen LogP) is 4.04. The summed E-state index contributed by atoms with van der Waals surface area (Å²) >= 11 is 9.28. The number of hydrogen-bond acceptors (Lipinski definition) is 2. The fourth-order valence-electron chi connectivity index (χ4n) is 1.45. The molecule has 0 aliphatic carbocycles. The van der Waals surface area contributed by atoms with E-state index >= 15 is 0 Å². The summed E-state index contributed by atoms with van der Waals surface area (Å²) in [5, 5.41) is 9.32. The van der Waals surface area contributed by atoms with Crippen LogP contribution < -0.4 is 0 Å². The topological polar surface area (TPSA) is 36.7 Å². The first-order valence-corrected chi connectivity index (χ1v) is 5.70. The molecule has 0 unspecified atom stereocenters. The van der Waals surface area contributed by atoms with Crippen LogP contribution in [0.1, 0.15) is 5.56 Å². The van der Waals surface area contributed by atoms with Gasteiger partial charge in [0.1, 0.15) is 11.2 Å². The van der Waals surface area contributed by atoms with Crippen molar-refractivity contribution < 1.29 is 0 Å². The van der Waals surface area contributed by atoms with E-state index in [1.54, 1.807) is 6.20 Å². The fourth-order valence-corrected chi connectivity index (χ4v) is 2.17. The summed E-state index contributed by atoms with van der Waals surface area (Å²) in [5.74, 6) is 0. The third-order valence-corrected chi connectivity index (χ3v) is 3.05. The third kappa shape index (κ3) is 1.95. The second-order valence-electron chi connectivity index (χ2n) is 3.12. The smallest absolute Gasteiger partial charge is 0.147 e. The lowest BCUT2D eigenvalue weighted by Crippen LogP contribution is -1.90. The van der Waals surface area contributed by atoms with E-state index in [2.05, 4.69) is 27.0 Å². The number of aromatic nitrogens is 1. The molecule has 0 saturated carbocycles. The van der Waals surface area contributed by atoms with Crippen LogP contribution in [0.4, 0.5) is 0 Å². The molecule has 0 spiro atoms. The van der Waals surface area contributed by atoms with E-state index in [-0.39, 0.29) is 5.15 Å². The van der Waals surface area contributed by atoms with Crippen molar-refractivity contribution in [2.45, 2.75) is 0 Å². The summed E-state index contributed by atoms with van der Waals surface area (Å²) in [6.07, 6.45) is 1.60. The number of halogens is 2. The van der Waals surface area contributed by atoms with Gasteiger partial charge in [-0.15, -0.1) is 0 Å². The minimum Gasteiger partial charge on any atom is -0.242 e. The van der Waals surface area contributed by atoms with Gasteiger partial charge in [0.2, 0.25) is 0 Å². The van der Waals surface area contributed by atoms with E-state index in [9.17, 15) is 0 Å². The molecule has 0 N–H and O–H groups in total. The fraction of sp³-hybridized carbons (Fsp3) is 0. The Kier molecular flexibility index (Phi) is 3.23. The van der Waals surface area contributed by atoms with Crippen molar-refractivity contribution in [1.82, 2.24) is 4.98 Å². The van der Waals surface area contributed by atoms with Crippen LogP contribution in [0.3, 0.4) is 0 Å². The Balaban J connectivity index is 2.75. The molecule has 0 aliphatic heterocycles. The van der Waals surface area contributed by atoms with Crippen molar-refractivity contribution >= 4 is 27.5 Å². The molecule has 1 aromatic heterocycles. The average molecular weight is 294 g/mol. The van der Waals surface area contributed by atoms with Crippen LogP contribution in [0.25, 0.3) is 11.1 Å². The number of nitrogens with zero attached hydrogens (tertiary/aromatic N) is 2. The van der Waals surface area contributed by atoms with Crippen LogP contribution in [0, 0.1) is 11.3 Å². The summed E-state index contributed by atoms with van der Waals surface area (Å²) in [5.41, 5.74) is 2.11. The van der Waals surface area contributed by atoms with E-state index < -0.39 is 0 Å². The monoisotopic (exact) mass is 292 g/mol. The van der Waals surface area contributed by atoms with Gasteiger partial charge < -0.3 is 0 Å². The van der Waals surface area contributed by atoms with Crippen molar-refractivity contribution in [3.63, 3.8) is 0 Å². The largest absolute Gasteiger partial charge is 0.242 e. The minimum atomic E-state index is 0.226. The lowest BCUT2D eigenvalue weighted by Gasteiger charge is -2.07. The highest BCUT2D eigenvalue weighted by Crippen LogP contribution is 2.33. The standard InChI is InChI=1S/C12H6BrClN2/c13-10-7-16-12(14)9(6-15)11(10)8-4-2-1-3-5-8/h1-5,7H. The molecule has 2 nitrogen and oxygen atoms in total. The average Bonchev–Trinajstić information content (AvgIpc) is 2.33. The molecule has 0 amide bonds. The van der Waals surface area contributed by atoms with Gasteiger partial charge in [-0.1, -0.05) is 41.9 Å². The molecule has 0 bridgehead atoms. The maximum atomic E-state index is 9.09. The maximum Gasteiger partial charge on any atom is 0.147 e. The van der Waals surface area contributed by atoms with Crippen LogP contribution in [0.2, 0.25) is 5.15 Å². The first-order chi connectivity index (χ1) is 7.74. The highest BCUT2D eigenvalue weighted by atomic mass is 79.9. The lowest BCUT2D eigenvalue weighted by atomic mass is 10.0. The molecule has 1 aromatic carbocycles. The predicted molar refractivity (Wildman–Crippen MR) is 67.1 cm³/mol. The van der Waals surface area contributed by atoms with Crippen molar-refractivity contribution in [3.05, 3.63) is 51.7 Å². The number of nitriles is 1. The summed E-state index contributed by atoms with van der Waals surface area (Å²) in [6.45, 7) is 0. The van der Waals surface area contributed by atoms with Gasteiger partial charge in [0.25, 0.3) is 0 Å². The SMILES string of the molecule is N#Cc1c(Cl)ncc(Br)c1-c1ccccc1. The number of hydrogen-bond donors (Lipinski definition) is 0. The zero-order valence-corrected chi connectivity index (χ0v) is 10.5. The number of rotatable bonds is 1. The van der Waals surface area contributed by atoms with Gasteiger partial charge in [-0.2, -0.15) is 5.26 Å². The molecule has 1 heterocycles. The van der Waals surface area contributed by atoms with Crippen molar-refractivity contribution in [1.29, 1.82) is 5.26 Å². The molecule has 0 saturated heterocycles. The van der Waals surface area contributed by atoms with Crippen LogP contribution in [-0.4, -0.2) is 4.98 Å². The van der Waals surface area contributed by atoms with E-state index in [1.165, 1.54) is 0 Å². The Labute approximate surface area is 107 Å². The molecule has 2 aromatic rings. The zero-order valence-electron chi connectivity index (χ0n) is 8.11. The molecule has 0 atom stereocenters. The normalized spacial score (nSPS) is 9.81. The second kappa shape index (κ2) is 4.65. The third-order valence-electron chi connectivity index (χ3n) is 2.16. The second-order valence-corrected chi connectivity index (χ2v) is 4.34. The Morgan fingerprint density at radius 2 is 1.94 bits per heavy atom. The Morgan fingerprint density at radius 3 is 2.56 bits per heavy atom. The van der Waals surface area contributed by atoms with E-state index in [1.807, 2.05) is 30.3 Å². The first-order valence-electron chi connectivity index (χ1n) is 4.53. The van der Waals surface area contributed by atoms with Crippen LogP contribution in [0.15, 0.2) is 41.0 Å². The van der Waals surface area contributed by atoms with Gasteiger partial charge in [-0.3, -0.25) is 0 Å². The molecule has 0 radical (unpaired) electrons. The maximum absolute atomic E-state index is 9.09. The Bertz CT molecular complexity index is 561. The first kappa shape index (κ1) is 11.1. The Hall–Kier alpha value is -1.37. The quantitative estimate of drug-likeness (QED) is 0.744. The van der Waals surface area contributed by atoms with Crippen molar-refractivity contribution in [2.75, 3.05) is 0 Å². The molecule has 2 rings (SSSR count). The molecular weight excluding hydrogens is 288 g/mol. The van der Waals surface area contributed by atoms with Crippen LogP contribution >= 0.6 is 27.5 Å². The lowest BCUT2D eigenvalue weighted by molar-refractivity contribution is 1.28. The summed E-state index contributed by atoms with van der Waals surface area (Å²) < 4.78 is 0.764. The van der Waals surface area contributed by atoms with Crippen molar-refractivity contribution in [2.24, 2.45) is 0 Å². The number of pyridine rings is 1. The van der Waals surface area contributed by atoms with E-state index in [0.29, 0.717) is 5.56 Å². The number of benzene rings is 1. The molecule has 0 fully saturated rings. The summed E-state index contributed by atoms with van der Waals surface area (Å²) in [6, 6.07) is 11.7. The molecule has 0 aliphatic rings. The van der Waals surface area contributed by atoms with E-state index in [4.69, 9.17) is 16.9 Å². The van der Waals surface area contributed by atoms with Gasteiger partial charge in [0.15, 0.2) is 0 Å². The molecule has 78 valence electrons. The van der Waals surface area contributed by atoms with Crippen LogP contribution in [-0.2, 0) is 0 Å². The zero-order chi connectivity index (χ0) is 11.5. The minimum absolute atomic E-state index is 0.226. The molecule has 4 heteroatoms. The van der Waals surface area contributed by atoms with Gasteiger partial charge in [-0.25, -0.2) is 4.98 Å². The van der Waals surface area contributed by atoms with Gasteiger partial charge >= 0.3 is 0 Å². The van der Waals surface area contributed by atoms with Gasteiger partial charge in [0, 0.05) is 16.2 Å². The highest BCUT2D eigenvalue weighted by molar-refractivity contribution is 9.10. The summed E-state index contributed by atoms with van der Waals surface area (Å²) in [7, 11) is 0. The van der Waals surface area contributed by atoms with Crippen molar-refractivity contribution in [3.8, 4) is 17.2 Å². The highest BCUT2D eigenvalue weighted by Gasteiger charge is 2.13. The summed E-state index contributed by atoms with van der Waals surface area (Å²) in [4.78, 5) is 3.93. The van der Waals surface area contributed by atoms with Gasteiger partial charge in [-0.05, 0) is 21.5 Å². The van der Waals surface area contributed by atoms with Crippen LogP contribution in [0.5, 0.6) is 0 Å². The van der Waals surface area contributed by atoms with E-state index in [0.717, 1.165) is 15.6 Å². The molecular formula is C12H6BrClN2.